The zero-order valence-electron chi connectivity index (χ0n) is 13.1. The van der Waals surface area contributed by atoms with Gasteiger partial charge in [-0.3, -0.25) is 9.20 Å². The summed E-state index contributed by atoms with van der Waals surface area (Å²) in [5.41, 5.74) is 1.45. The highest BCUT2D eigenvalue weighted by molar-refractivity contribution is 5.93. The van der Waals surface area contributed by atoms with Crippen molar-refractivity contribution in [1.82, 2.24) is 23.8 Å². The molecule has 0 aromatic carbocycles. The monoisotopic (exact) mass is 309 g/mol. The molecule has 0 radical (unpaired) electrons. The molecule has 0 saturated heterocycles. The highest BCUT2D eigenvalue weighted by Crippen LogP contribution is 2.20. The predicted molar refractivity (Wildman–Crippen MR) is 86.2 cm³/mol. The molecule has 1 aliphatic rings. The third-order valence-corrected chi connectivity index (χ3v) is 4.58. The first-order chi connectivity index (χ1) is 11.2. The first-order valence-corrected chi connectivity index (χ1v) is 7.90. The van der Waals surface area contributed by atoms with Gasteiger partial charge in [0.05, 0.1) is 0 Å². The van der Waals surface area contributed by atoms with Crippen LogP contribution in [0, 0.1) is 5.92 Å². The molecule has 0 aliphatic carbocycles. The van der Waals surface area contributed by atoms with E-state index in [1.54, 1.807) is 6.20 Å². The molecule has 0 fully saturated rings. The van der Waals surface area contributed by atoms with Gasteiger partial charge in [-0.15, -0.1) is 0 Å². The van der Waals surface area contributed by atoms with Crippen molar-refractivity contribution in [1.29, 1.82) is 0 Å². The molecule has 4 rings (SSSR count). The van der Waals surface area contributed by atoms with Gasteiger partial charge in [-0.1, -0.05) is 6.07 Å². The van der Waals surface area contributed by atoms with Crippen LogP contribution in [0.25, 0.3) is 5.65 Å². The Balaban J connectivity index is 1.50. The Bertz CT molecular complexity index is 849. The fourth-order valence-corrected chi connectivity index (χ4v) is 3.36. The number of rotatable bonds is 3. The number of pyridine rings is 1. The van der Waals surface area contributed by atoms with E-state index in [1.807, 2.05) is 53.1 Å². The van der Waals surface area contributed by atoms with E-state index in [1.165, 1.54) is 0 Å². The normalized spacial score (nSPS) is 17.2. The van der Waals surface area contributed by atoms with Crippen LogP contribution in [-0.2, 0) is 13.0 Å². The maximum absolute atomic E-state index is 12.8. The van der Waals surface area contributed by atoms with Crippen LogP contribution in [0.3, 0.4) is 0 Å². The number of carbonyl (C=O) groups excluding carboxylic acids is 1. The number of hydrogen-bond acceptors (Lipinski definition) is 3. The van der Waals surface area contributed by atoms with E-state index in [0.29, 0.717) is 11.6 Å². The molecule has 0 bridgehead atoms. The zero-order chi connectivity index (χ0) is 15.8. The molecule has 0 saturated carbocycles. The van der Waals surface area contributed by atoms with E-state index in [4.69, 9.17) is 0 Å². The molecule has 1 amide bonds. The molecule has 0 spiro atoms. The number of carbonyl (C=O) groups is 1. The lowest BCUT2D eigenvalue weighted by Gasteiger charge is -2.28. The topological polar surface area (TPSA) is 55.4 Å². The molecule has 118 valence electrons. The van der Waals surface area contributed by atoms with E-state index in [2.05, 4.69) is 14.5 Å². The Hall–Kier alpha value is -2.63. The van der Waals surface area contributed by atoms with Gasteiger partial charge in [0.2, 0.25) is 0 Å². The molecule has 3 aromatic rings. The lowest BCUT2D eigenvalue weighted by molar-refractivity contribution is 0.0756. The fourth-order valence-electron chi connectivity index (χ4n) is 3.36. The molecule has 0 N–H and O–H groups in total. The molecule has 6 nitrogen and oxygen atoms in total. The quantitative estimate of drug-likeness (QED) is 0.742. The summed E-state index contributed by atoms with van der Waals surface area (Å²) in [5, 5.41) is 0. The summed E-state index contributed by atoms with van der Waals surface area (Å²) in [6.45, 7) is 1.73. The molecule has 1 aliphatic heterocycles. The second-order valence-electron chi connectivity index (χ2n) is 6.15. The average Bonchev–Trinajstić information content (AvgIpc) is 3.21. The van der Waals surface area contributed by atoms with Crippen molar-refractivity contribution >= 4 is 11.6 Å². The number of fused-ring (bicyclic) bond motifs is 2. The van der Waals surface area contributed by atoms with Crippen LogP contribution in [0.2, 0.25) is 0 Å². The minimum Gasteiger partial charge on any atom is -0.340 e. The van der Waals surface area contributed by atoms with Crippen molar-refractivity contribution in [3.63, 3.8) is 0 Å². The molecular formula is C17H19N5O. The maximum atomic E-state index is 12.8. The highest BCUT2D eigenvalue weighted by atomic mass is 16.2. The van der Waals surface area contributed by atoms with Crippen LogP contribution in [0.4, 0.5) is 0 Å². The van der Waals surface area contributed by atoms with E-state index in [-0.39, 0.29) is 5.91 Å². The number of imidazole rings is 2. The summed E-state index contributed by atoms with van der Waals surface area (Å²) in [6.07, 6.45) is 9.43. The average molecular weight is 309 g/mol. The summed E-state index contributed by atoms with van der Waals surface area (Å²) < 4.78 is 4.04. The van der Waals surface area contributed by atoms with Gasteiger partial charge < -0.3 is 9.47 Å². The summed E-state index contributed by atoms with van der Waals surface area (Å²) >= 11 is 0. The van der Waals surface area contributed by atoms with Gasteiger partial charge in [0, 0.05) is 51.3 Å². The Labute approximate surface area is 134 Å². The molecule has 3 aromatic heterocycles. The summed E-state index contributed by atoms with van der Waals surface area (Å²) in [4.78, 5) is 23.2. The van der Waals surface area contributed by atoms with Gasteiger partial charge in [-0.2, -0.15) is 0 Å². The van der Waals surface area contributed by atoms with Gasteiger partial charge >= 0.3 is 0 Å². The summed E-state index contributed by atoms with van der Waals surface area (Å²) in [6, 6.07) is 5.62. The number of aromatic nitrogens is 4. The highest BCUT2D eigenvalue weighted by Gasteiger charge is 2.23. The second kappa shape index (κ2) is 5.53. The first-order valence-electron chi connectivity index (χ1n) is 7.90. The zero-order valence-corrected chi connectivity index (χ0v) is 13.1. The Morgan fingerprint density at radius 3 is 3.09 bits per heavy atom. The number of hydrogen-bond donors (Lipinski definition) is 0. The van der Waals surface area contributed by atoms with Crippen LogP contribution < -0.4 is 0 Å². The SMILES string of the molecule is CN(CC1CCn2ccnc2C1)C(=O)c1cccc2nccn12. The lowest BCUT2D eigenvalue weighted by Crippen LogP contribution is -2.35. The minimum absolute atomic E-state index is 0.0301. The van der Waals surface area contributed by atoms with Gasteiger partial charge in [0.1, 0.15) is 17.2 Å². The Kier molecular flexibility index (Phi) is 3.37. The third kappa shape index (κ3) is 2.50. The fraction of sp³-hybridized carbons (Fsp3) is 0.353. The van der Waals surface area contributed by atoms with Crippen LogP contribution in [-0.4, -0.2) is 43.3 Å². The standard InChI is InChI=1S/C17H19N5O/c1-20(12-13-5-8-21-9-6-19-16(21)11-13)17(23)14-3-2-4-15-18-7-10-22(14)15/h2-4,6-7,9-10,13H,5,8,11-12H2,1H3. The minimum atomic E-state index is 0.0301. The second-order valence-corrected chi connectivity index (χ2v) is 6.15. The molecule has 1 unspecified atom stereocenters. The van der Waals surface area contributed by atoms with Crippen LogP contribution in [0.1, 0.15) is 22.7 Å². The summed E-state index contributed by atoms with van der Waals surface area (Å²) in [5.74, 6) is 1.61. The first kappa shape index (κ1) is 14.0. The van der Waals surface area contributed by atoms with Crippen molar-refractivity contribution < 1.29 is 4.79 Å². The van der Waals surface area contributed by atoms with E-state index in [9.17, 15) is 4.79 Å². The molecule has 23 heavy (non-hydrogen) atoms. The Morgan fingerprint density at radius 2 is 2.17 bits per heavy atom. The van der Waals surface area contributed by atoms with Crippen LogP contribution >= 0.6 is 0 Å². The van der Waals surface area contributed by atoms with Crippen molar-refractivity contribution in [2.45, 2.75) is 19.4 Å². The summed E-state index contributed by atoms with van der Waals surface area (Å²) in [7, 11) is 1.87. The van der Waals surface area contributed by atoms with Crippen molar-refractivity contribution in [3.8, 4) is 0 Å². The lowest BCUT2D eigenvalue weighted by atomic mass is 9.97. The van der Waals surface area contributed by atoms with Crippen molar-refractivity contribution in [3.05, 3.63) is 54.5 Å². The molecule has 6 heteroatoms. The third-order valence-electron chi connectivity index (χ3n) is 4.58. The van der Waals surface area contributed by atoms with Crippen LogP contribution in [0.15, 0.2) is 43.0 Å². The van der Waals surface area contributed by atoms with E-state index < -0.39 is 0 Å². The van der Waals surface area contributed by atoms with Gasteiger partial charge in [-0.05, 0) is 24.5 Å². The van der Waals surface area contributed by atoms with E-state index in [0.717, 1.165) is 37.4 Å². The van der Waals surface area contributed by atoms with Gasteiger partial charge in [-0.25, -0.2) is 9.97 Å². The molecule has 1 atom stereocenters. The van der Waals surface area contributed by atoms with Gasteiger partial charge in [0.15, 0.2) is 0 Å². The number of nitrogens with zero attached hydrogens (tertiary/aromatic N) is 5. The Morgan fingerprint density at radius 1 is 1.30 bits per heavy atom. The van der Waals surface area contributed by atoms with Crippen molar-refractivity contribution in [2.24, 2.45) is 5.92 Å². The molecular weight excluding hydrogens is 290 g/mol. The number of aryl methyl sites for hydroxylation is 1. The number of amides is 1. The van der Waals surface area contributed by atoms with Gasteiger partial charge in [0.25, 0.3) is 5.91 Å². The molecule has 4 heterocycles. The smallest absolute Gasteiger partial charge is 0.270 e. The van der Waals surface area contributed by atoms with E-state index >= 15 is 0 Å². The van der Waals surface area contributed by atoms with Crippen molar-refractivity contribution in [2.75, 3.05) is 13.6 Å². The maximum Gasteiger partial charge on any atom is 0.270 e. The largest absolute Gasteiger partial charge is 0.340 e. The van der Waals surface area contributed by atoms with Crippen LogP contribution in [0.5, 0.6) is 0 Å². The predicted octanol–water partition coefficient (Wildman–Crippen LogP) is 1.87.